The fraction of sp³-hybridized carbons (Fsp3) is 0.176. The number of anilines is 1. The van der Waals surface area contributed by atoms with E-state index in [0.717, 1.165) is 11.4 Å². The number of halogens is 1. The fourth-order valence-electron chi connectivity index (χ4n) is 1.86. The van der Waals surface area contributed by atoms with Gasteiger partial charge in [0.2, 0.25) is 0 Å². The predicted molar refractivity (Wildman–Crippen MR) is 95.0 cm³/mol. The van der Waals surface area contributed by atoms with Gasteiger partial charge in [0.25, 0.3) is 5.91 Å². The summed E-state index contributed by atoms with van der Waals surface area (Å²) in [6, 6.07) is 11.9. The zero-order valence-electron chi connectivity index (χ0n) is 13.1. The van der Waals surface area contributed by atoms with E-state index in [9.17, 15) is 9.90 Å². The molecule has 2 aromatic rings. The number of ether oxygens (including phenoxy) is 1. The Labute approximate surface area is 145 Å². The van der Waals surface area contributed by atoms with E-state index >= 15 is 0 Å². The zero-order chi connectivity index (χ0) is 17.4. The van der Waals surface area contributed by atoms with E-state index in [1.54, 1.807) is 12.1 Å². The van der Waals surface area contributed by atoms with Crippen molar-refractivity contribution < 1.29 is 14.6 Å². The van der Waals surface area contributed by atoms with Crippen LogP contribution in [0, 0.1) is 0 Å². The highest BCUT2D eigenvalue weighted by Gasteiger charge is 2.02. The third-order valence-electron chi connectivity index (χ3n) is 3.00. The molecular formula is C17H18ClN3O3. The Morgan fingerprint density at radius 2 is 2.04 bits per heavy atom. The highest BCUT2D eigenvalue weighted by molar-refractivity contribution is 6.30. The van der Waals surface area contributed by atoms with E-state index in [0.29, 0.717) is 17.2 Å². The summed E-state index contributed by atoms with van der Waals surface area (Å²) in [6.07, 6.45) is 1.33. The van der Waals surface area contributed by atoms with Crippen molar-refractivity contribution in [2.75, 3.05) is 18.5 Å². The standard InChI is InChI=1S/C17H18ClN3O3/c1-2-24-15-6-4-14(5-7-15)19-11-17(23)21-20-10-12-9-13(18)3-8-16(12)22/h3-10,19,22H,2,11H2,1H3,(H,21,23)/b20-10+. The quantitative estimate of drug-likeness (QED) is 0.531. The number of phenols is 1. The van der Waals surface area contributed by atoms with Crippen LogP contribution < -0.4 is 15.5 Å². The summed E-state index contributed by atoms with van der Waals surface area (Å²) in [5, 5.41) is 16.9. The Hall–Kier alpha value is -2.73. The van der Waals surface area contributed by atoms with Crippen LogP contribution in [0.1, 0.15) is 12.5 Å². The summed E-state index contributed by atoms with van der Waals surface area (Å²) < 4.78 is 5.34. The van der Waals surface area contributed by atoms with Crippen molar-refractivity contribution in [1.29, 1.82) is 0 Å². The van der Waals surface area contributed by atoms with Crippen LogP contribution in [-0.2, 0) is 4.79 Å². The Bertz CT molecular complexity index is 718. The first-order chi connectivity index (χ1) is 11.6. The molecule has 0 spiro atoms. The lowest BCUT2D eigenvalue weighted by atomic mass is 10.2. The second kappa shape index (κ2) is 8.79. The van der Waals surface area contributed by atoms with Crippen molar-refractivity contribution in [3.63, 3.8) is 0 Å². The van der Waals surface area contributed by atoms with E-state index in [4.69, 9.17) is 16.3 Å². The topological polar surface area (TPSA) is 83.0 Å². The van der Waals surface area contributed by atoms with Crippen molar-refractivity contribution >= 4 is 29.4 Å². The van der Waals surface area contributed by atoms with E-state index in [2.05, 4.69) is 15.8 Å². The van der Waals surface area contributed by atoms with Crippen molar-refractivity contribution in [3.8, 4) is 11.5 Å². The second-order valence-electron chi connectivity index (χ2n) is 4.81. The van der Waals surface area contributed by atoms with Crippen LogP contribution >= 0.6 is 11.6 Å². The summed E-state index contributed by atoms with van der Waals surface area (Å²) in [5.74, 6) is 0.491. The van der Waals surface area contributed by atoms with Crippen LogP contribution in [0.3, 0.4) is 0 Å². The van der Waals surface area contributed by atoms with E-state index in [1.165, 1.54) is 12.3 Å². The Morgan fingerprint density at radius 3 is 2.75 bits per heavy atom. The van der Waals surface area contributed by atoms with Crippen LogP contribution in [0.2, 0.25) is 5.02 Å². The minimum absolute atomic E-state index is 0.0323. The highest BCUT2D eigenvalue weighted by atomic mass is 35.5. The highest BCUT2D eigenvalue weighted by Crippen LogP contribution is 2.19. The van der Waals surface area contributed by atoms with Crippen LogP contribution in [0.5, 0.6) is 11.5 Å². The molecule has 0 saturated heterocycles. The molecule has 1 amide bonds. The third-order valence-corrected chi connectivity index (χ3v) is 3.24. The predicted octanol–water partition coefficient (Wildman–Crippen LogP) is 3.01. The number of nitrogens with one attached hydrogen (secondary N) is 2. The summed E-state index contributed by atoms with van der Waals surface area (Å²) >= 11 is 5.83. The number of carbonyl (C=O) groups excluding carboxylic acids is 1. The molecule has 24 heavy (non-hydrogen) atoms. The fourth-order valence-corrected chi connectivity index (χ4v) is 2.04. The molecule has 2 aromatic carbocycles. The minimum atomic E-state index is -0.318. The number of hydrogen-bond donors (Lipinski definition) is 3. The van der Waals surface area contributed by atoms with Crippen molar-refractivity contribution in [1.82, 2.24) is 5.43 Å². The molecule has 3 N–H and O–H groups in total. The molecule has 7 heteroatoms. The van der Waals surface area contributed by atoms with Gasteiger partial charge in [-0.2, -0.15) is 5.10 Å². The maximum absolute atomic E-state index is 11.7. The van der Waals surface area contributed by atoms with Gasteiger partial charge in [-0.3, -0.25) is 4.79 Å². The monoisotopic (exact) mass is 347 g/mol. The average molecular weight is 348 g/mol. The number of benzene rings is 2. The molecule has 0 radical (unpaired) electrons. The average Bonchev–Trinajstić information content (AvgIpc) is 2.58. The Morgan fingerprint density at radius 1 is 1.29 bits per heavy atom. The van der Waals surface area contributed by atoms with E-state index in [1.807, 2.05) is 31.2 Å². The molecule has 0 unspecified atom stereocenters. The zero-order valence-corrected chi connectivity index (χ0v) is 13.9. The van der Waals surface area contributed by atoms with Gasteiger partial charge in [0.15, 0.2) is 0 Å². The molecular weight excluding hydrogens is 330 g/mol. The molecule has 0 bridgehead atoms. The molecule has 0 aliphatic rings. The summed E-state index contributed by atoms with van der Waals surface area (Å²) in [4.78, 5) is 11.7. The van der Waals surface area contributed by atoms with Gasteiger partial charge in [-0.15, -0.1) is 0 Å². The molecule has 2 rings (SSSR count). The molecule has 0 heterocycles. The van der Waals surface area contributed by atoms with Crippen LogP contribution in [-0.4, -0.2) is 30.4 Å². The van der Waals surface area contributed by atoms with E-state index in [-0.39, 0.29) is 18.2 Å². The molecule has 0 aromatic heterocycles. The first-order valence-corrected chi connectivity index (χ1v) is 7.73. The van der Waals surface area contributed by atoms with Gasteiger partial charge in [0, 0.05) is 16.3 Å². The molecule has 0 atom stereocenters. The van der Waals surface area contributed by atoms with Crippen molar-refractivity contribution in [2.24, 2.45) is 5.10 Å². The van der Waals surface area contributed by atoms with Gasteiger partial charge in [-0.25, -0.2) is 5.43 Å². The number of amides is 1. The first kappa shape index (κ1) is 17.6. The van der Waals surface area contributed by atoms with Crippen LogP contribution in [0.15, 0.2) is 47.6 Å². The number of rotatable bonds is 7. The largest absolute Gasteiger partial charge is 0.507 e. The maximum Gasteiger partial charge on any atom is 0.259 e. The smallest absolute Gasteiger partial charge is 0.259 e. The lowest BCUT2D eigenvalue weighted by Gasteiger charge is -2.07. The minimum Gasteiger partial charge on any atom is -0.507 e. The van der Waals surface area contributed by atoms with Crippen molar-refractivity contribution in [2.45, 2.75) is 6.92 Å². The van der Waals surface area contributed by atoms with Gasteiger partial charge in [-0.05, 0) is 49.4 Å². The number of carbonyl (C=O) groups is 1. The number of hydrazone groups is 1. The van der Waals surface area contributed by atoms with Crippen LogP contribution in [0.4, 0.5) is 5.69 Å². The number of hydrogen-bond acceptors (Lipinski definition) is 5. The van der Waals surface area contributed by atoms with E-state index < -0.39 is 0 Å². The SMILES string of the molecule is CCOc1ccc(NCC(=O)N/N=C/c2cc(Cl)ccc2O)cc1. The molecule has 0 aliphatic heterocycles. The third kappa shape index (κ3) is 5.48. The van der Waals surface area contributed by atoms with Gasteiger partial charge in [0.1, 0.15) is 11.5 Å². The molecule has 0 fully saturated rings. The number of aromatic hydroxyl groups is 1. The normalized spacial score (nSPS) is 10.6. The lowest BCUT2D eigenvalue weighted by molar-refractivity contribution is -0.119. The van der Waals surface area contributed by atoms with Gasteiger partial charge in [0.05, 0.1) is 19.4 Å². The van der Waals surface area contributed by atoms with Gasteiger partial charge >= 0.3 is 0 Å². The van der Waals surface area contributed by atoms with Gasteiger partial charge in [-0.1, -0.05) is 11.6 Å². The second-order valence-corrected chi connectivity index (χ2v) is 5.24. The molecule has 126 valence electrons. The van der Waals surface area contributed by atoms with Crippen LogP contribution in [0.25, 0.3) is 0 Å². The molecule has 6 nitrogen and oxygen atoms in total. The lowest BCUT2D eigenvalue weighted by Crippen LogP contribution is -2.25. The summed E-state index contributed by atoms with van der Waals surface area (Å²) in [7, 11) is 0. The maximum atomic E-state index is 11.7. The van der Waals surface area contributed by atoms with Gasteiger partial charge < -0.3 is 15.2 Å². The number of nitrogens with zero attached hydrogens (tertiary/aromatic N) is 1. The summed E-state index contributed by atoms with van der Waals surface area (Å²) in [6.45, 7) is 2.59. The summed E-state index contributed by atoms with van der Waals surface area (Å²) in [5.41, 5.74) is 3.58. The first-order valence-electron chi connectivity index (χ1n) is 7.35. The number of phenolic OH excluding ortho intramolecular Hbond substituents is 1. The molecule has 0 aliphatic carbocycles. The molecule has 0 saturated carbocycles. The Balaban J connectivity index is 1.80. The van der Waals surface area contributed by atoms with Crippen molar-refractivity contribution in [3.05, 3.63) is 53.1 Å². The Kier molecular flexibility index (Phi) is 6.45.